The lowest BCUT2D eigenvalue weighted by molar-refractivity contribution is -0.141. The number of aromatic nitrogens is 1. The van der Waals surface area contributed by atoms with E-state index in [4.69, 9.17) is 11.6 Å². The number of amides is 1. The number of nitrogens with zero attached hydrogens (tertiary/aromatic N) is 2. The minimum absolute atomic E-state index is 0.0169. The monoisotopic (exact) mass is 359 g/mol. The van der Waals surface area contributed by atoms with E-state index in [0.29, 0.717) is 10.7 Å². The molecule has 3 rings (SSSR count). The summed E-state index contributed by atoms with van der Waals surface area (Å²) in [6, 6.07) is 8.40. The highest BCUT2D eigenvalue weighted by Crippen LogP contribution is 2.39. The zero-order valence-corrected chi connectivity index (χ0v) is 13.0. The smallest absolute Gasteiger partial charge is 0.323 e. The van der Waals surface area contributed by atoms with Gasteiger partial charge in [-0.05, 0) is 24.3 Å². The van der Waals surface area contributed by atoms with Gasteiger partial charge >= 0.3 is 6.18 Å². The summed E-state index contributed by atoms with van der Waals surface area (Å²) in [4.78, 5) is 16.9. The third kappa shape index (κ3) is 2.84. The number of alkyl halides is 3. The summed E-state index contributed by atoms with van der Waals surface area (Å²) in [6.07, 6.45) is -4.62. The van der Waals surface area contributed by atoms with Crippen LogP contribution in [0.3, 0.4) is 0 Å². The second-order valence-electron chi connectivity index (χ2n) is 4.73. The number of nitrogens with one attached hydrogen (secondary N) is 1. The first kappa shape index (κ1) is 15.9. The molecule has 0 radical (unpaired) electrons. The number of anilines is 2. The van der Waals surface area contributed by atoms with Crippen molar-refractivity contribution >= 4 is 41.6 Å². The Kier molecular flexibility index (Phi) is 3.89. The fourth-order valence-corrected chi connectivity index (χ4v) is 2.81. The zero-order chi connectivity index (χ0) is 16.8. The van der Waals surface area contributed by atoms with E-state index < -0.39 is 23.3 Å². The number of halogens is 4. The highest BCUT2D eigenvalue weighted by molar-refractivity contribution is 7.81. The Morgan fingerprint density at radius 1 is 1.22 bits per heavy atom. The third-order valence-electron chi connectivity index (χ3n) is 3.26. The number of thiol groups is 1. The molecule has 1 unspecified atom stereocenters. The molecule has 1 atom stereocenters. The summed E-state index contributed by atoms with van der Waals surface area (Å²) < 4.78 is 38.8. The van der Waals surface area contributed by atoms with E-state index in [2.05, 4.69) is 22.9 Å². The molecule has 0 bridgehead atoms. The molecule has 0 aliphatic carbocycles. The summed E-state index contributed by atoms with van der Waals surface area (Å²) in [5.74, 6) is -0.693. The van der Waals surface area contributed by atoms with Crippen molar-refractivity contribution in [2.75, 3.05) is 4.90 Å². The fourth-order valence-electron chi connectivity index (χ4n) is 2.24. The van der Waals surface area contributed by atoms with Crippen LogP contribution in [0.5, 0.6) is 0 Å². The van der Waals surface area contributed by atoms with E-state index in [1.807, 2.05) is 0 Å². The van der Waals surface area contributed by atoms with E-state index in [1.54, 1.807) is 24.3 Å². The molecule has 120 valence electrons. The number of pyridine rings is 1. The van der Waals surface area contributed by atoms with E-state index in [0.717, 1.165) is 12.1 Å². The molecule has 1 aliphatic rings. The molecule has 9 heteroatoms. The summed E-state index contributed by atoms with van der Waals surface area (Å²) in [7, 11) is 0. The van der Waals surface area contributed by atoms with Crippen LogP contribution >= 0.6 is 24.2 Å². The van der Waals surface area contributed by atoms with Gasteiger partial charge in [-0.15, -0.1) is 12.6 Å². The van der Waals surface area contributed by atoms with Crippen molar-refractivity contribution in [3.05, 3.63) is 52.7 Å². The molecule has 0 saturated heterocycles. The van der Waals surface area contributed by atoms with Gasteiger partial charge in [0.1, 0.15) is 11.5 Å². The largest absolute Gasteiger partial charge is 0.433 e. The Morgan fingerprint density at radius 2 is 1.91 bits per heavy atom. The van der Waals surface area contributed by atoms with Crippen LogP contribution in [0.2, 0.25) is 5.02 Å². The normalized spacial score (nSPS) is 17.7. The molecule has 2 heterocycles. The molecule has 1 aromatic heterocycles. The summed E-state index contributed by atoms with van der Waals surface area (Å²) in [5, 5.41) is 2.84. The van der Waals surface area contributed by atoms with Gasteiger partial charge in [0.15, 0.2) is 5.50 Å². The first-order valence-electron chi connectivity index (χ1n) is 6.40. The standard InChI is InChI=1S/C14H9ClF3N3OS/c15-8-3-1-2-4-9(8)21-11-7(12(22)20-13(21)23)5-6-10(19-11)14(16,17)18/h1-6,13,23H,(H,20,22). The number of rotatable bonds is 1. The molecule has 1 amide bonds. The molecule has 0 spiro atoms. The number of carbonyl (C=O) groups excluding carboxylic acids is 1. The van der Waals surface area contributed by atoms with Crippen molar-refractivity contribution in [2.24, 2.45) is 0 Å². The topological polar surface area (TPSA) is 45.2 Å². The number of fused-ring (bicyclic) bond motifs is 1. The Bertz CT molecular complexity index is 784. The number of benzene rings is 1. The molecule has 0 saturated carbocycles. The number of carbonyl (C=O) groups is 1. The van der Waals surface area contributed by atoms with Crippen LogP contribution < -0.4 is 10.2 Å². The molecule has 1 aliphatic heterocycles. The molecule has 1 N–H and O–H groups in total. The molecular formula is C14H9ClF3N3OS. The van der Waals surface area contributed by atoms with Gasteiger partial charge in [-0.2, -0.15) is 13.2 Å². The summed E-state index contributed by atoms with van der Waals surface area (Å²) >= 11 is 10.3. The minimum atomic E-state index is -4.62. The molecular weight excluding hydrogens is 351 g/mol. The highest BCUT2D eigenvalue weighted by Gasteiger charge is 2.37. The lowest BCUT2D eigenvalue weighted by Gasteiger charge is -2.35. The van der Waals surface area contributed by atoms with Gasteiger partial charge in [0, 0.05) is 0 Å². The molecule has 4 nitrogen and oxygen atoms in total. The van der Waals surface area contributed by atoms with Gasteiger partial charge in [-0.3, -0.25) is 9.69 Å². The van der Waals surface area contributed by atoms with E-state index >= 15 is 0 Å². The van der Waals surface area contributed by atoms with E-state index in [9.17, 15) is 18.0 Å². The van der Waals surface area contributed by atoms with E-state index in [-0.39, 0.29) is 11.4 Å². The number of hydrogen-bond donors (Lipinski definition) is 2. The lowest BCUT2D eigenvalue weighted by atomic mass is 10.1. The van der Waals surface area contributed by atoms with Gasteiger partial charge in [0.05, 0.1) is 16.3 Å². The maximum absolute atomic E-state index is 12.9. The van der Waals surface area contributed by atoms with Crippen molar-refractivity contribution in [1.29, 1.82) is 0 Å². The van der Waals surface area contributed by atoms with Crippen molar-refractivity contribution in [3.8, 4) is 0 Å². The fraction of sp³-hybridized carbons (Fsp3) is 0.143. The lowest BCUT2D eigenvalue weighted by Crippen LogP contribution is -2.48. The second-order valence-corrected chi connectivity index (χ2v) is 5.63. The Hall–Kier alpha value is -1.93. The van der Waals surface area contributed by atoms with Crippen LogP contribution in [0.1, 0.15) is 16.1 Å². The molecule has 2 aromatic rings. The Labute approximate surface area is 139 Å². The van der Waals surface area contributed by atoms with Crippen LogP contribution in [0.25, 0.3) is 0 Å². The van der Waals surface area contributed by atoms with Gasteiger partial charge in [0.2, 0.25) is 0 Å². The molecule has 23 heavy (non-hydrogen) atoms. The molecule has 0 fully saturated rings. The average molecular weight is 360 g/mol. The van der Waals surface area contributed by atoms with Gasteiger partial charge in [-0.1, -0.05) is 23.7 Å². The average Bonchev–Trinajstić information content (AvgIpc) is 2.47. The van der Waals surface area contributed by atoms with Crippen LogP contribution in [0, 0.1) is 0 Å². The van der Waals surface area contributed by atoms with Crippen molar-refractivity contribution in [2.45, 2.75) is 11.7 Å². The quantitative estimate of drug-likeness (QED) is 0.760. The third-order valence-corrected chi connectivity index (χ3v) is 3.93. The van der Waals surface area contributed by atoms with Gasteiger partial charge in [-0.25, -0.2) is 4.98 Å². The first-order chi connectivity index (χ1) is 10.8. The highest BCUT2D eigenvalue weighted by atomic mass is 35.5. The van der Waals surface area contributed by atoms with Crippen LogP contribution in [-0.4, -0.2) is 16.4 Å². The summed E-state index contributed by atoms with van der Waals surface area (Å²) in [5.41, 5.74) is -1.58. The molecule has 1 aromatic carbocycles. The maximum Gasteiger partial charge on any atom is 0.433 e. The Morgan fingerprint density at radius 3 is 2.57 bits per heavy atom. The van der Waals surface area contributed by atoms with Crippen LogP contribution in [0.15, 0.2) is 36.4 Å². The number of para-hydroxylation sites is 1. The van der Waals surface area contributed by atoms with Crippen LogP contribution in [0.4, 0.5) is 24.7 Å². The first-order valence-corrected chi connectivity index (χ1v) is 7.29. The maximum atomic E-state index is 12.9. The van der Waals surface area contributed by atoms with Crippen molar-refractivity contribution in [1.82, 2.24) is 10.3 Å². The zero-order valence-electron chi connectivity index (χ0n) is 11.3. The van der Waals surface area contributed by atoms with Crippen molar-refractivity contribution < 1.29 is 18.0 Å². The summed E-state index contributed by atoms with van der Waals surface area (Å²) in [6.45, 7) is 0. The Balaban J connectivity index is 2.22. The predicted octanol–water partition coefficient (Wildman–Crippen LogP) is 3.85. The van der Waals surface area contributed by atoms with Gasteiger partial charge < -0.3 is 5.32 Å². The van der Waals surface area contributed by atoms with Crippen molar-refractivity contribution in [3.63, 3.8) is 0 Å². The SMILES string of the molecule is O=C1NC(S)N(c2ccccc2Cl)c2nc(C(F)(F)F)ccc21. The second kappa shape index (κ2) is 5.61. The van der Waals surface area contributed by atoms with E-state index in [1.165, 1.54) is 4.90 Å². The minimum Gasteiger partial charge on any atom is -0.323 e. The van der Waals surface area contributed by atoms with Gasteiger partial charge in [0.25, 0.3) is 5.91 Å². The number of hydrogen-bond acceptors (Lipinski definition) is 4. The van der Waals surface area contributed by atoms with Crippen LogP contribution in [-0.2, 0) is 6.18 Å². The predicted molar refractivity (Wildman–Crippen MR) is 83.1 cm³/mol.